The smallest absolute Gasteiger partial charge is 0.219 e. The summed E-state index contributed by atoms with van der Waals surface area (Å²) in [7, 11) is 0. The zero-order chi connectivity index (χ0) is 15.1. The molecule has 0 aliphatic heterocycles. The zero-order valence-electron chi connectivity index (χ0n) is 12.5. The number of hydrogen-bond acceptors (Lipinski definition) is 3. The van der Waals surface area contributed by atoms with Gasteiger partial charge in [-0.25, -0.2) is 4.98 Å². The molecule has 112 valence electrons. The molecule has 0 aliphatic carbocycles. The second-order valence-corrected chi connectivity index (χ2v) is 5.30. The van der Waals surface area contributed by atoms with E-state index in [9.17, 15) is 0 Å². The minimum Gasteiger partial charge on any atom is -0.439 e. The highest BCUT2D eigenvalue weighted by atomic mass is 35.5. The first-order valence-electron chi connectivity index (χ1n) is 7.34. The van der Waals surface area contributed by atoms with Gasteiger partial charge in [0, 0.05) is 23.8 Å². The van der Waals surface area contributed by atoms with Crippen LogP contribution in [0.1, 0.15) is 31.4 Å². The number of hydrogen-bond donors (Lipinski definition) is 1. The summed E-state index contributed by atoms with van der Waals surface area (Å²) < 4.78 is 5.83. The van der Waals surface area contributed by atoms with E-state index in [0.29, 0.717) is 5.88 Å². The summed E-state index contributed by atoms with van der Waals surface area (Å²) in [6, 6.07) is 9.65. The van der Waals surface area contributed by atoms with E-state index >= 15 is 0 Å². The maximum Gasteiger partial charge on any atom is 0.219 e. The van der Waals surface area contributed by atoms with Crippen molar-refractivity contribution < 1.29 is 4.74 Å². The van der Waals surface area contributed by atoms with Crippen LogP contribution >= 0.6 is 11.6 Å². The van der Waals surface area contributed by atoms with Gasteiger partial charge in [0.15, 0.2) is 0 Å². The molecule has 1 aromatic carbocycles. The standard InChI is InChI=1S/C17H21ClN2O/c1-3-8-19-12-13-7-9-20-17(10-13)21-15-5-6-16(18)14(4-2)11-15/h5-7,9-11,19H,3-4,8,12H2,1-2H3. The summed E-state index contributed by atoms with van der Waals surface area (Å²) in [5.41, 5.74) is 2.24. The van der Waals surface area contributed by atoms with Gasteiger partial charge in [-0.05, 0) is 54.8 Å². The number of rotatable bonds is 7. The van der Waals surface area contributed by atoms with Crippen LogP contribution < -0.4 is 10.1 Å². The van der Waals surface area contributed by atoms with E-state index in [-0.39, 0.29) is 0 Å². The normalized spacial score (nSPS) is 10.6. The highest BCUT2D eigenvalue weighted by Gasteiger charge is 2.04. The fourth-order valence-electron chi connectivity index (χ4n) is 2.03. The molecule has 0 amide bonds. The number of ether oxygens (including phenoxy) is 1. The molecule has 4 heteroatoms. The van der Waals surface area contributed by atoms with Gasteiger partial charge in [-0.3, -0.25) is 0 Å². The van der Waals surface area contributed by atoms with Crippen molar-refractivity contribution in [3.8, 4) is 11.6 Å². The first kappa shape index (κ1) is 15.8. The summed E-state index contributed by atoms with van der Waals surface area (Å²) in [6.07, 6.45) is 3.78. The Morgan fingerprint density at radius 3 is 2.81 bits per heavy atom. The molecule has 0 saturated heterocycles. The lowest BCUT2D eigenvalue weighted by atomic mass is 10.1. The Hall–Kier alpha value is -1.58. The molecule has 2 rings (SSSR count). The van der Waals surface area contributed by atoms with Gasteiger partial charge in [0.25, 0.3) is 0 Å². The summed E-state index contributed by atoms with van der Waals surface area (Å²) in [6.45, 7) is 6.06. The highest BCUT2D eigenvalue weighted by molar-refractivity contribution is 6.31. The van der Waals surface area contributed by atoms with Gasteiger partial charge >= 0.3 is 0 Å². The lowest BCUT2D eigenvalue weighted by Crippen LogP contribution is -2.13. The van der Waals surface area contributed by atoms with Crippen LogP contribution in [0.2, 0.25) is 5.02 Å². The Bertz CT molecular complexity index is 587. The van der Waals surface area contributed by atoms with Crippen LogP contribution in [0, 0.1) is 0 Å². The zero-order valence-corrected chi connectivity index (χ0v) is 13.3. The van der Waals surface area contributed by atoms with Crippen molar-refractivity contribution in [2.45, 2.75) is 33.2 Å². The average Bonchev–Trinajstić information content (AvgIpc) is 2.50. The molecule has 0 unspecified atom stereocenters. The van der Waals surface area contributed by atoms with Gasteiger partial charge in [0.05, 0.1) is 0 Å². The van der Waals surface area contributed by atoms with Crippen LogP contribution in [-0.4, -0.2) is 11.5 Å². The number of nitrogens with zero attached hydrogens (tertiary/aromatic N) is 1. The van der Waals surface area contributed by atoms with Crippen LogP contribution in [0.5, 0.6) is 11.6 Å². The minimum absolute atomic E-state index is 0.607. The summed E-state index contributed by atoms with van der Waals surface area (Å²) in [5, 5.41) is 4.14. The molecule has 21 heavy (non-hydrogen) atoms. The van der Waals surface area contributed by atoms with Gasteiger partial charge in [-0.2, -0.15) is 0 Å². The number of aromatic nitrogens is 1. The fourth-order valence-corrected chi connectivity index (χ4v) is 2.28. The SMILES string of the molecule is CCCNCc1ccnc(Oc2ccc(Cl)c(CC)c2)c1. The number of pyridine rings is 1. The molecule has 1 N–H and O–H groups in total. The number of halogens is 1. The van der Waals surface area contributed by atoms with Crippen molar-refractivity contribution in [2.75, 3.05) is 6.54 Å². The van der Waals surface area contributed by atoms with E-state index in [1.807, 2.05) is 30.3 Å². The molecule has 0 radical (unpaired) electrons. The Kier molecular flexibility index (Phi) is 6.03. The Morgan fingerprint density at radius 1 is 1.19 bits per heavy atom. The topological polar surface area (TPSA) is 34.2 Å². The first-order chi connectivity index (χ1) is 10.2. The summed E-state index contributed by atoms with van der Waals surface area (Å²) >= 11 is 6.12. The quantitative estimate of drug-likeness (QED) is 0.760. The number of benzene rings is 1. The molecule has 0 atom stereocenters. The van der Waals surface area contributed by atoms with E-state index < -0.39 is 0 Å². The predicted octanol–water partition coefficient (Wildman–Crippen LogP) is 4.59. The molecule has 0 spiro atoms. The van der Waals surface area contributed by atoms with E-state index in [0.717, 1.165) is 47.8 Å². The van der Waals surface area contributed by atoms with Crippen molar-refractivity contribution >= 4 is 11.6 Å². The molecular formula is C17H21ClN2O. The molecule has 0 fully saturated rings. The third kappa shape index (κ3) is 4.73. The lowest BCUT2D eigenvalue weighted by molar-refractivity contribution is 0.461. The van der Waals surface area contributed by atoms with Crippen molar-refractivity contribution in [3.63, 3.8) is 0 Å². The fraction of sp³-hybridized carbons (Fsp3) is 0.353. The van der Waals surface area contributed by atoms with E-state index in [4.69, 9.17) is 16.3 Å². The van der Waals surface area contributed by atoms with E-state index in [1.54, 1.807) is 6.20 Å². The molecular weight excluding hydrogens is 284 g/mol. The largest absolute Gasteiger partial charge is 0.439 e. The van der Waals surface area contributed by atoms with Crippen LogP contribution in [-0.2, 0) is 13.0 Å². The van der Waals surface area contributed by atoms with E-state index in [1.165, 1.54) is 0 Å². The maximum absolute atomic E-state index is 6.12. The minimum atomic E-state index is 0.607. The number of nitrogens with one attached hydrogen (secondary N) is 1. The molecule has 2 aromatic rings. The van der Waals surface area contributed by atoms with Crippen molar-refractivity contribution in [3.05, 3.63) is 52.7 Å². The van der Waals surface area contributed by atoms with Crippen LogP contribution in [0.4, 0.5) is 0 Å². The highest BCUT2D eigenvalue weighted by Crippen LogP contribution is 2.26. The lowest BCUT2D eigenvalue weighted by Gasteiger charge is -2.09. The second-order valence-electron chi connectivity index (χ2n) is 4.89. The van der Waals surface area contributed by atoms with Crippen LogP contribution in [0.15, 0.2) is 36.5 Å². The number of aryl methyl sites for hydroxylation is 1. The Morgan fingerprint density at radius 2 is 2.05 bits per heavy atom. The molecule has 1 aromatic heterocycles. The maximum atomic E-state index is 6.12. The first-order valence-corrected chi connectivity index (χ1v) is 7.72. The predicted molar refractivity (Wildman–Crippen MR) is 87.1 cm³/mol. The summed E-state index contributed by atoms with van der Waals surface area (Å²) in [5.74, 6) is 1.37. The molecule has 1 heterocycles. The van der Waals surface area contributed by atoms with Crippen LogP contribution in [0.25, 0.3) is 0 Å². The van der Waals surface area contributed by atoms with E-state index in [2.05, 4.69) is 24.1 Å². The van der Waals surface area contributed by atoms with Gasteiger partial charge in [0.2, 0.25) is 5.88 Å². The monoisotopic (exact) mass is 304 g/mol. The average molecular weight is 305 g/mol. The van der Waals surface area contributed by atoms with Crippen molar-refractivity contribution in [1.82, 2.24) is 10.3 Å². The molecule has 0 saturated carbocycles. The third-order valence-corrected chi connectivity index (χ3v) is 3.54. The van der Waals surface area contributed by atoms with Gasteiger partial charge in [-0.1, -0.05) is 25.4 Å². The Balaban J connectivity index is 2.07. The van der Waals surface area contributed by atoms with Gasteiger partial charge in [0.1, 0.15) is 5.75 Å². The van der Waals surface area contributed by atoms with Gasteiger partial charge in [-0.15, -0.1) is 0 Å². The molecule has 0 aliphatic rings. The second kappa shape index (κ2) is 8.01. The molecule has 3 nitrogen and oxygen atoms in total. The van der Waals surface area contributed by atoms with Gasteiger partial charge < -0.3 is 10.1 Å². The molecule has 0 bridgehead atoms. The van der Waals surface area contributed by atoms with Crippen molar-refractivity contribution in [2.24, 2.45) is 0 Å². The summed E-state index contributed by atoms with van der Waals surface area (Å²) in [4.78, 5) is 4.26. The van der Waals surface area contributed by atoms with Crippen LogP contribution in [0.3, 0.4) is 0 Å². The third-order valence-electron chi connectivity index (χ3n) is 3.18. The Labute approximate surface area is 131 Å². The van der Waals surface area contributed by atoms with Crippen molar-refractivity contribution in [1.29, 1.82) is 0 Å².